The molecule has 1 heterocycles. The molecule has 3 amide bonds. The summed E-state index contributed by atoms with van der Waals surface area (Å²) in [6, 6.07) is 3.58. The molecule has 0 spiro atoms. The van der Waals surface area contributed by atoms with Crippen molar-refractivity contribution in [2.75, 3.05) is 5.75 Å². The summed E-state index contributed by atoms with van der Waals surface area (Å²) in [7, 11) is 0. The Balaban J connectivity index is 1.70. The summed E-state index contributed by atoms with van der Waals surface area (Å²) in [4.78, 5) is 38.8. The van der Waals surface area contributed by atoms with Crippen molar-refractivity contribution in [3.05, 3.63) is 27.7 Å². The first kappa shape index (κ1) is 17.5. The number of rotatable bonds is 5. The number of halogens is 1. The zero-order chi connectivity index (χ0) is 17.4. The van der Waals surface area contributed by atoms with Gasteiger partial charge < -0.3 is 4.90 Å². The second-order valence-corrected chi connectivity index (χ2v) is 8.19. The molecule has 1 aromatic carbocycles. The van der Waals surface area contributed by atoms with Gasteiger partial charge in [0.25, 0.3) is 0 Å². The molecular weight excluding hydrogens is 392 g/mol. The molecule has 128 valence electrons. The summed E-state index contributed by atoms with van der Waals surface area (Å²) in [5.41, 5.74) is 2.23. The predicted octanol–water partition coefficient (Wildman–Crippen LogP) is 2.56. The molecule has 0 bridgehead atoms. The fourth-order valence-electron chi connectivity index (χ4n) is 2.87. The zero-order valence-corrected chi connectivity index (χ0v) is 16.0. The summed E-state index contributed by atoms with van der Waals surface area (Å²) < 4.78 is 1.05. The highest BCUT2D eigenvalue weighted by atomic mass is 79.9. The quantitative estimate of drug-likeness (QED) is 0.598. The Morgan fingerprint density at radius 2 is 2.00 bits per heavy atom. The fraction of sp³-hybridized carbons (Fsp3) is 0.471. The van der Waals surface area contributed by atoms with Crippen LogP contribution in [0.15, 0.2) is 21.5 Å². The third kappa shape index (κ3) is 3.67. The molecule has 1 unspecified atom stereocenters. The Kier molecular flexibility index (Phi) is 5.01. The molecule has 1 aliphatic carbocycles. The van der Waals surface area contributed by atoms with Gasteiger partial charge in [-0.15, -0.1) is 11.8 Å². The molecule has 1 aromatic rings. The molecule has 1 aliphatic heterocycles. The van der Waals surface area contributed by atoms with Crippen molar-refractivity contribution < 1.29 is 14.4 Å². The number of nitrogens with zero attached hydrogens (tertiary/aromatic N) is 1. The van der Waals surface area contributed by atoms with Crippen LogP contribution < -0.4 is 5.32 Å². The van der Waals surface area contributed by atoms with Crippen molar-refractivity contribution in [3.63, 3.8) is 0 Å². The van der Waals surface area contributed by atoms with Crippen molar-refractivity contribution in [3.8, 4) is 0 Å². The van der Waals surface area contributed by atoms with Crippen LogP contribution in [0, 0.1) is 13.8 Å². The Morgan fingerprint density at radius 1 is 1.29 bits per heavy atom. The van der Waals surface area contributed by atoms with Crippen molar-refractivity contribution in [2.24, 2.45) is 0 Å². The third-order valence-corrected chi connectivity index (χ3v) is 6.31. The van der Waals surface area contributed by atoms with Crippen LogP contribution >= 0.6 is 27.7 Å². The van der Waals surface area contributed by atoms with Crippen molar-refractivity contribution in [2.45, 2.75) is 50.1 Å². The van der Waals surface area contributed by atoms with E-state index in [9.17, 15) is 14.4 Å². The Hall–Kier alpha value is -1.34. The highest BCUT2D eigenvalue weighted by Gasteiger charge is 2.44. The van der Waals surface area contributed by atoms with Gasteiger partial charge in [0.2, 0.25) is 17.7 Å². The van der Waals surface area contributed by atoms with Crippen LogP contribution in [0.3, 0.4) is 0 Å². The molecule has 1 saturated heterocycles. The lowest BCUT2D eigenvalue weighted by molar-refractivity contribution is -0.137. The van der Waals surface area contributed by atoms with E-state index in [0.717, 1.165) is 33.3 Å². The number of hydrogen-bond donors (Lipinski definition) is 1. The van der Waals surface area contributed by atoms with Crippen LogP contribution in [0.25, 0.3) is 0 Å². The van der Waals surface area contributed by atoms with Gasteiger partial charge in [0.1, 0.15) is 6.04 Å². The van der Waals surface area contributed by atoms with Crippen molar-refractivity contribution in [1.29, 1.82) is 0 Å². The van der Waals surface area contributed by atoms with E-state index in [0.29, 0.717) is 0 Å². The first-order chi connectivity index (χ1) is 11.4. The number of thioether (sulfide) groups is 1. The topological polar surface area (TPSA) is 66.5 Å². The van der Waals surface area contributed by atoms with E-state index < -0.39 is 6.04 Å². The Morgan fingerprint density at radius 3 is 2.58 bits per heavy atom. The predicted molar refractivity (Wildman–Crippen MR) is 95.8 cm³/mol. The smallest absolute Gasteiger partial charge is 0.249 e. The molecule has 0 radical (unpaired) electrons. The summed E-state index contributed by atoms with van der Waals surface area (Å²) in [5.74, 6) is -0.440. The average Bonchev–Trinajstić information content (AvgIpc) is 3.28. The minimum Gasteiger partial charge on any atom is -0.326 e. The van der Waals surface area contributed by atoms with Crippen LogP contribution in [0.5, 0.6) is 0 Å². The number of amides is 3. The van der Waals surface area contributed by atoms with E-state index in [2.05, 4.69) is 27.3 Å². The lowest BCUT2D eigenvalue weighted by atomic mass is 10.2. The van der Waals surface area contributed by atoms with Gasteiger partial charge in [0.05, 0.1) is 12.2 Å². The summed E-state index contributed by atoms with van der Waals surface area (Å²) in [6.45, 7) is 4.03. The number of nitrogens with one attached hydrogen (secondary N) is 1. The molecule has 2 aliphatic rings. The fourth-order valence-corrected chi connectivity index (χ4v) is 4.31. The van der Waals surface area contributed by atoms with E-state index >= 15 is 0 Å². The Bertz CT molecular complexity index is 718. The Labute approximate surface area is 153 Å². The second kappa shape index (κ2) is 6.88. The minimum absolute atomic E-state index is 0.0719. The standard InChI is InChI=1S/C17H19BrN2O3S/c1-9-6-14(10(2)5-12(9)18)24-8-16(22)20(11-3-4-11)13-7-15(21)19-17(13)23/h5-6,11,13H,3-4,7-8H2,1-2H3,(H,19,21,23). The maximum absolute atomic E-state index is 12.7. The second-order valence-electron chi connectivity index (χ2n) is 6.32. The molecule has 1 atom stereocenters. The zero-order valence-electron chi connectivity index (χ0n) is 13.6. The van der Waals surface area contributed by atoms with Gasteiger partial charge in [0.15, 0.2) is 0 Å². The molecular formula is C17H19BrN2O3S. The first-order valence-electron chi connectivity index (χ1n) is 7.91. The van der Waals surface area contributed by atoms with E-state index in [-0.39, 0.29) is 35.9 Å². The van der Waals surface area contributed by atoms with Crippen LogP contribution in [0.4, 0.5) is 0 Å². The van der Waals surface area contributed by atoms with Gasteiger partial charge in [-0.1, -0.05) is 15.9 Å². The minimum atomic E-state index is -0.633. The van der Waals surface area contributed by atoms with Gasteiger partial charge in [-0.3, -0.25) is 19.7 Å². The summed E-state index contributed by atoms with van der Waals surface area (Å²) in [6.07, 6.45) is 1.90. The normalized spacial score (nSPS) is 20.2. The number of hydrogen-bond acceptors (Lipinski definition) is 4. The number of carbonyl (C=O) groups is 3. The molecule has 0 aromatic heterocycles. The van der Waals surface area contributed by atoms with Gasteiger partial charge >= 0.3 is 0 Å². The third-order valence-electron chi connectivity index (χ3n) is 4.32. The van der Waals surface area contributed by atoms with Crippen LogP contribution in [-0.2, 0) is 14.4 Å². The molecule has 7 heteroatoms. The van der Waals surface area contributed by atoms with Gasteiger partial charge in [-0.25, -0.2) is 0 Å². The van der Waals surface area contributed by atoms with Crippen LogP contribution in [-0.4, -0.2) is 40.5 Å². The van der Waals surface area contributed by atoms with Gasteiger partial charge in [0, 0.05) is 15.4 Å². The number of imide groups is 1. The SMILES string of the molecule is Cc1cc(SCC(=O)N(C2CC2)C2CC(=O)NC2=O)c(C)cc1Br. The first-order valence-corrected chi connectivity index (χ1v) is 9.69. The highest BCUT2D eigenvalue weighted by molar-refractivity contribution is 9.10. The van der Waals surface area contributed by atoms with Gasteiger partial charge in [-0.05, 0) is 49.9 Å². The highest BCUT2D eigenvalue weighted by Crippen LogP contribution is 2.33. The number of carbonyl (C=O) groups excluding carboxylic acids is 3. The molecule has 24 heavy (non-hydrogen) atoms. The van der Waals surface area contributed by atoms with Crippen molar-refractivity contribution >= 4 is 45.4 Å². The van der Waals surface area contributed by atoms with E-state index in [1.165, 1.54) is 11.8 Å². The maximum Gasteiger partial charge on any atom is 0.249 e. The average molecular weight is 411 g/mol. The lowest BCUT2D eigenvalue weighted by Gasteiger charge is -2.26. The molecule has 3 rings (SSSR count). The lowest BCUT2D eigenvalue weighted by Crippen LogP contribution is -2.46. The summed E-state index contributed by atoms with van der Waals surface area (Å²) in [5, 5.41) is 2.30. The molecule has 1 saturated carbocycles. The van der Waals surface area contributed by atoms with Crippen LogP contribution in [0.1, 0.15) is 30.4 Å². The monoisotopic (exact) mass is 410 g/mol. The molecule has 5 nitrogen and oxygen atoms in total. The summed E-state index contributed by atoms with van der Waals surface area (Å²) >= 11 is 4.99. The van der Waals surface area contributed by atoms with Crippen molar-refractivity contribution in [1.82, 2.24) is 10.2 Å². The number of aryl methyl sites for hydroxylation is 2. The largest absolute Gasteiger partial charge is 0.326 e. The number of benzene rings is 1. The van der Waals surface area contributed by atoms with Gasteiger partial charge in [-0.2, -0.15) is 0 Å². The molecule has 1 N–H and O–H groups in total. The maximum atomic E-state index is 12.7. The van der Waals surface area contributed by atoms with E-state index in [1.54, 1.807) is 4.90 Å². The molecule has 2 fully saturated rings. The van der Waals surface area contributed by atoms with E-state index in [4.69, 9.17) is 0 Å². The van der Waals surface area contributed by atoms with E-state index in [1.807, 2.05) is 19.9 Å². The van der Waals surface area contributed by atoms with Crippen LogP contribution in [0.2, 0.25) is 0 Å².